The Kier molecular flexibility index (Phi) is 4.99. The van der Waals surface area contributed by atoms with Crippen LogP contribution in [0.2, 0.25) is 5.02 Å². The Morgan fingerprint density at radius 1 is 1.17 bits per heavy atom. The average Bonchev–Trinajstić information content (AvgIpc) is 3.03. The number of hydrogen-bond acceptors (Lipinski definition) is 4. The summed E-state index contributed by atoms with van der Waals surface area (Å²) in [5.41, 5.74) is 3.58. The van der Waals surface area contributed by atoms with E-state index in [0.717, 1.165) is 22.5 Å². The second-order valence-corrected chi connectivity index (χ2v) is 5.52. The van der Waals surface area contributed by atoms with E-state index >= 15 is 0 Å². The molecular weight excluding hydrogens is 322 g/mol. The molecule has 0 amide bonds. The van der Waals surface area contributed by atoms with Crippen molar-refractivity contribution in [1.82, 2.24) is 19.7 Å². The first-order valence-corrected chi connectivity index (χ1v) is 7.78. The Bertz CT molecular complexity index is 876. The summed E-state index contributed by atoms with van der Waals surface area (Å²) in [7, 11) is 0. The van der Waals surface area contributed by atoms with Crippen molar-refractivity contribution < 1.29 is 0 Å². The van der Waals surface area contributed by atoms with Gasteiger partial charge in [0.2, 0.25) is 0 Å². The van der Waals surface area contributed by atoms with Crippen LogP contribution in [0.5, 0.6) is 0 Å². The van der Waals surface area contributed by atoms with Crippen molar-refractivity contribution >= 4 is 23.8 Å². The van der Waals surface area contributed by atoms with Crippen LogP contribution in [0.1, 0.15) is 17.7 Å². The normalized spacial score (nSPS) is 10.8. The van der Waals surface area contributed by atoms with E-state index in [2.05, 4.69) is 21.1 Å². The largest absolute Gasteiger partial charge is 0.270 e. The van der Waals surface area contributed by atoms with Gasteiger partial charge in [-0.25, -0.2) is 9.97 Å². The molecule has 0 aliphatic rings. The summed E-state index contributed by atoms with van der Waals surface area (Å²) >= 11 is 5.96. The maximum atomic E-state index is 8.77. The third-order valence-electron chi connectivity index (χ3n) is 3.40. The van der Waals surface area contributed by atoms with Crippen LogP contribution in [0.4, 0.5) is 0 Å². The molecular formula is C18H14ClN5. The molecule has 2 aromatic heterocycles. The Balaban J connectivity index is 1.96. The van der Waals surface area contributed by atoms with Gasteiger partial charge in [-0.15, -0.1) is 0 Å². The van der Waals surface area contributed by atoms with Crippen molar-refractivity contribution in [1.29, 1.82) is 5.26 Å². The molecule has 0 radical (unpaired) electrons. The monoisotopic (exact) mass is 335 g/mol. The van der Waals surface area contributed by atoms with Gasteiger partial charge in [0.05, 0.1) is 30.4 Å². The summed E-state index contributed by atoms with van der Waals surface area (Å²) in [4.78, 5) is 8.09. The fourth-order valence-corrected chi connectivity index (χ4v) is 2.37. The molecule has 0 aliphatic heterocycles. The summed E-state index contributed by atoms with van der Waals surface area (Å²) in [6.07, 6.45) is 9.42. The van der Waals surface area contributed by atoms with Crippen molar-refractivity contribution in [2.45, 2.75) is 13.0 Å². The van der Waals surface area contributed by atoms with Crippen LogP contribution in [-0.2, 0) is 6.54 Å². The molecule has 0 saturated carbocycles. The lowest BCUT2D eigenvalue weighted by Gasteiger charge is -1.99. The van der Waals surface area contributed by atoms with Gasteiger partial charge in [-0.05, 0) is 30.4 Å². The molecule has 118 valence electrons. The SMILES string of the molecule is N#CCCn1cc(C=Cc2ccncn2)c(-c2ccc(Cl)cc2)n1. The van der Waals surface area contributed by atoms with E-state index in [9.17, 15) is 0 Å². The molecule has 0 spiro atoms. The molecule has 0 saturated heterocycles. The van der Waals surface area contributed by atoms with Gasteiger partial charge < -0.3 is 0 Å². The Morgan fingerprint density at radius 3 is 2.71 bits per heavy atom. The second-order valence-electron chi connectivity index (χ2n) is 5.08. The van der Waals surface area contributed by atoms with Crippen molar-refractivity contribution in [2.24, 2.45) is 0 Å². The molecule has 1 aromatic carbocycles. The fraction of sp³-hybridized carbons (Fsp3) is 0.111. The highest BCUT2D eigenvalue weighted by atomic mass is 35.5. The van der Waals surface area contributed by atoms with Gasteiger partial charge in [0.1, 0.15) is 6.33 Å². The molecule has 3 rings (SSSR count). The van der Waals surface area contributed by atoms with E-state index < -0.39 is 0 Å². The van der Waals surface area contributed by atoms with Crippen molar-refractivity contribution in [3.63, 3.8) is 0 Å². The summed E-state index contributed by atoms with van der Waals surface area (Å²) in [5, 5.41) is 14.0. The standard InChI is InChI=1S/C18H14ClN5/c19-16-5-2-14(3-6-16)18-15(12-24(23-18)11-1-9-20)4-7-17-8-10-21-13-22-17/h2-8,10,12-13H,1,11H2. The molecule has 0 fully saturated rings. The lowest BCUT2D eigenvalue weighted by atomic mass is 10.1. The smallest absolute Gasteiger partial charge is 0.115 e. The molecule has 2 heterocycles. The van der Waals surface area contributed by atoms with Crippen molar-refractivity contribution in [3.05, 3.63) is 65.3 Å². The number of aryl methyl sites for hydroxylation is 1. The molecule has 0 aliphatic carbocycles. The van der Waals surface area contributed by atoms with E-state index in [-0.39, 0.29) is 0 Å². The maximum Gasteiger partial charge on any atom is 0.115 e. The van der Waals surface area contributed by atoms with Gasteiger partial charge in [-0.2, -0.15) is 10.4 Å². The molecule has 3 aromatic rings. The first-order valence-electron chi connectivity index (χ1n) is 7.41. The Morgan fingerprint density at radius 2 is 2.00 bits per heavy atom. The molecule has 0 bridgehead atoms. The number of nitrogens with zero attached hydrogens (tertiary/aromatic N) is 5. The van der Waals surface area contributed by atoms with E-state index in [1.165, 1.54) is 6.33 Å². The summed E-state index contributed by atoms with van der Waals surface area (Å²) < 4.78 is 1.78. The minimum atomic E-state index is 0.413. The topological polar surface area (TPSA) is 67.4 Å². The number of halogens is 1. The predicted octanol–water partition coefficient (Wildman–Crippen LogP) is 4.08. The quantitative estimate of drug-likeness (QED) is 0.704. The van der Waals surface area contributed by atoms with Crippen LogP contribution in [0, 0.1) is 11.3 Å². The molecule has 0 unspecified atom stereocenters. The van der Waals surface area contributed by atoms with Gasteiger partial charge >= 0.3 is 0 Å². The van der Waals surface area contributed by atoms with Crippen LogP contribution in [-0.4, -0.2) is 19.7 Å². The molecule has 5 nitrogen and oxygen atoms in total. The maximum absolute atomic E-state index is 8.77. The summed E-state index contributed by atoms with van der Waals surface area (Å²) in [5.74, 6) is 0. The van der Waals surface area contributed by atoms with E-state index in [0.29, 0.717) is 18.0 Å². The van der Waals surface area contributed by atoms with Gasteiger partial charge in [0.25, 0.3) is 0 Å². The zero-order valence-corrected chi connectivity index (χ0v) is 13.6. The van der Waals surface area contributed by atoms with Crippen LogP contribution < -0.4 is 0 Å². The minimum absolute atomic E-state index is 0.413. The summed E-state index contributed by atoms with van der Waals surface area (Å²) in [6, 6.07) is 11.5. The Labute approximate surface area is 144 Å². The molecule has 0 N–H and O–H groups in total. The van der Waals surface area contributed by atoms with Gasteiger partial charge in [0.15, 0.2) is 0 Å². The highest BCUT2D eigenvalue weighted by Crippen LogP contribution is 2.25. The van der Waals surface area contributed by atoms with Gasteiger partial charge in [-0.1, -0.05) is 23.7 Å². The zero-order valence-electron chi connectivity index (χ0n) is 12.8. The predicted molar refractivity (Wildman–Crippen MR) is 93.9 cm³/mol. The highest BCUT2D eigenvalue weighted by molar-refractivity contribution is 6.30. The van der Waals surface area contributed by atoms with Crippen LogP contribution in [0.3, 0.4) is 0 Å². The lowest BCUT2D eigenvalue weighted by molar-refractivity contribution is 0.629. The molecule has 0 atom stereocenters. The second kappa shape index (κ2) is 7.53. The van der Waals surface area contributed by atoms with Crippen LogP contribution in [0.15, 0.2) is 49.1 Å². The number of aromatic nitrogens is 4. The summed E-state index contributed by atoms with van der Waals surface area (Å²) in [6.45, 7) is 0.554. The third kappa shape index (κ3) is 3.86. The Hall–Kier alpha value is -2.97. The lowest BCUT2D eigenvalue weighted by Crippen LogP contribution is -1.97. The molecule has 24 heavy (non-hydrogen) atoms. The first-order chi connectivity index (χ1) is 11.8. The van der Waals surface area contributed by atoms with Gasteiger partial charge in [-0.3, -0.25) is 4.68 Å². The third-order valence-corrected chi connectivity index (χ3v) is 3.65. The van der Waals surface area contributed by atoms with Crippen molar-refractivity contribution in [2.75, 3.05) is 0 Å². The number of nitriles is 1. The van der Waals surface area contributed by atoms with Gasteiger partial charge in [0, 0.05) is 28.5 Å². The number of hydrogen-bond donors (Lipinski definition) is 0. The fourth-order valence-electron chi connectivity index (χ4n) is 2.24. The van der Waals surface area contributed by atoms with Crippen molar-refractivity contribution in [3.8, 4) is 17.3 Å². The van der Waals surface area contributed by atoms with E-state index in [4.69, 9.17) is 16.9 Å². The average molecular weight is 336 g/mol. The number of rotatable bonds is 5. The first kappa shape index (κ1) is 15.9. The zero-order chi connectivity index (χ0) is 16.8. The van der Waals surface area contributed by atoms with E-state index in [1.54, 1.807) is 10.9 Å². The minimum Gasteiger partial charge on any atom is -0.270 e. The highest BCUT2D eigenvalue weighted by Gasteiger charge is 2.09. The number of benzene rings is 1. The van der Waals surface area contributed by atoms with Crippen LogP contribution >= 0.6 is 11.6 Å². The van der Waals surface area contributed by atoms with Crippen LogP contribution in [0.25, 0.3) is 23.4 Å². The molecule has 6 heteroatoms. The van der Waals surface area contributed by atoms with E-state index in [1.807, 2.05) is 48.7 Å².